The van der Waals surface area contributed by atoms with Crippen LogP contribution in [-0.4, -0.2) is 23.4 Å². The molecule has 56 valence electrons. The molecule has 1 nitrogen and oxygen atoms in total. The zero-order valence-electron chi connectivity index (χ0n) is 6.29. The van der Waals surface area contributed by atoms with Gasteiger partial charge in [0.1, 0.15) is 0 Å². The van der Waals surface area contributed by atoms with Crippen molar-refractivity contribution >= 4 is 23.4 Å². The fourth-order valence-corrected chi connectivity index (χ4v) is 3.99. The van der Waals surface area contributed by atoms with Gasteiger partial charge in [-0.2, -0.15) is 0 Å². The van der Waals surface area contributed by atoms with Crippen LogP contribution in [0, 0.1) is 0 Å². The van der Waals surface area contributed by atoms with Gasteiger partial charge >= 0.3 is 70.4 Å². The summed E-state index contributed by atoms with van der Waals surface area (Å²) < 4.78 is 1.29. The van der Waals surface area contributed by atoms with Crippen molar-refractivity contribution in [2.24, 2.45) is 0 Å². The van der Waals surface area contributed by atoms with E-state index in [-0.39, 0.29) is 0 Å². The summed E-state index contributed by atoms with van der Waals surface area (Å²) >= 11 is -1.60. The summed E-state index contributed by atoms with van der Waals surface area (Å²) in [5, 5.41) is 1.12. The molecule has 1 heterocycles. The third kappa shape index (κ3) is 2.12. The van der Waals surface area contributed by atoms with Crippen molar-refractivity contribution < 1.29 is 4.79 Å². The minimum absolute atomic E-state index is 0.870. The second-order valence-electron chi connectivity index (χ2n) is 2.31. The number of hydrogen-bond donors (Lipinski definition) is 0. The van der Waals surface area contributed by atoms with E-state index in [0.717, 1.165) is 11.5 Å². The van der Waals surface area contributed by atoms with Crippen LogP contribution in [0.3, 0.4) is 0 Å². The maximum atomic E-state index is 10.6. The van der Waals surface area contributed by atoms with E-state index in [0.29, 0.717) is 0 Å². The Balaban J connectivity index is 2.93. The third-order valence-electron chi connectivity index (χ3n) is 1.55. The summed E-state index contributed by atoms with van der Waals surface area (Å²) in [6.45, 7) is 3.66. The zero-order valence-corrected chi connectivity index (χ0v) is 8.38. The molecular weight excluding hydrogens is 197 g/mol. The van der Waals surface area contributed by atoms with Gasteiger partial charge in [0.15, 0.2) is 0 Å². The summed E-state index contributed by atoms with van der Waals surface area (Å²) in [7, 11) is 0. The first-order valence-corrected chi connectivity index (χ1v) is 6.99. The third-order valence-corrected chi connectivity index (χ3v) is 5.57. The van der Waals surface area contributed by atoms with Gasteiger partial charge in [0.05, 0.1) is 0 Å². The summed E-state index contributed by atoms with van der Waals surface area (Å²) in [5.74, 6) is 0. The molecule has 0 fully saturated rings. The van der Waals surface area contributed by atoms with Gasteiger partial charge in [-0.25, -0.2) is 0 Å². The van der Waals surface area contributed by atoms with E-state index in [1.807, 2.05) is 24.3 Å². The molecule has 0 amide bonds. The summed E-state index contributed by atoms with van der Waals surface area (Å²) in [5.41, 5.74) is 0. The Hall–Kier alpha value is -0.697. The van der Waals surface area contributed by atoms with E-state index in [1.165, 1.54) is 4.35 Å². The van der Waals surface area contributed by atoms with E-state index < -0.39 is 13.9 Å². The van der Waals surface area contributed by atoms with E-state index in [9.17, 15) is 4.79 Å². The van der Waals surface area contributed by atoms with E-state index >= 15 is 0 Å². The normalized spacial score (nSPS) is 15.3. The molecule has 11 heavy (non-hydrogen) atoms. The molecule has 0 saturated heterocycles. The van der Waals surface area contributed by atoms with Gasteiger partial charge in [-0.15, -0.1) is 0 Å². The molecule has 0 N–H and O–H groups in total. The topological polar surface area (TPSA) is 17.1 Å². The van der Waals surface area contributed by atoms with Crippen molar-refractivity contribution in [2.45, 2.75) is 6.42 Å². The van der Waals surface area contributed by atoms with Crippen molar-refractivity contribution in [1.29, 1.82) is 0 Å². The van der Waals surface area contributed by atoms with Crippen LogP contribution in [-0.2, 0) is 4.79 Å². The Morgan fingerprint density at radius 3 is 3.00 bits per heavy atom. The molecule has 0 spiro atoms. The van der Waals surface area contributed by atoms with Crippen LogP contribution in [0.1, 0.15) is 6.42 Å². The first kappa shape index (κ1) is 8.40. The van der Waals surface area contributed by atoms with Gasteiger partial charge in [0.25, 0.3) is 0 Å². The average molecular weight is 207 g/mol. The Morgan fingerprint density at radius 2 is 2.36 bits per heavy atom. The Morgan fingerprint density at radius 1 is 1.55 bits per heavy atom. The SMILES string of the molecule is C=CC[C]1=[Ge]([CH]=O)[CH]=CC=C1. The molecule has 0 radical (unpaired) electrons. The first-order valence-electron chi connectivity index (χ1n) is 3.52. The maximum absolute atomic E-state index is 10.6. The van der Waals surface area contributed by atoms with Crippen molar-refractivity contribution in [3.8, 4) is 0 Å². The van der Waals surface area contributed by atoms with E-state index in [2.05, 4.69) is 11.5 Å². The van der Waals surface area contributed by atoms with Crippen LogP contribution in [0.2, 0.25) is 0 Å². The van der Waals surface area contributed by atoms with Gasteiger partial charge in [0, 0.05) is 0 Å². The molecule has 1 aliphatic rings. The van der Waals surface area contributed by atoms with E-state index in [1.54, 1.807) is 0 Å². The summed E-state index contributed by atoms with van der Waals surface area (Å²) in [4.78, 5) is 12.6. The minimum atomic E-state index is -1.60. The summed E-state index contributed by atoms with van der Waals surface area (Å²) in [6, 6.07) is 0. The quantitative estimate of drug-likeness (QED) is 0.386. The second kappa shape index (κ2) is 4.24. The molecule has 1 aliphatic heterocycles. The Labute approximate surface area is 70.8 Å². The number of carbonyl (C=O) groups is 1. The van der Waals surface area contributed by atoms with Crippen LogP contribution < -0.4 is 0 Å². The van der Waals surface area contributed by atoms with E-state index in [4.69, 9.17) is 0 Å². The molecule has 0 unspecified atom stereocenters. The number of hydrogen-bond acceptors (Lipinski definition) is 1. The molecule has 2 heteroatoms. The Kier molecular flexibility index (Phi) is 3.24. The molecule has 0 aliphatic carbocycles. The van der Waals surface area contributed by atoms with Crippen molar-refractivity contribution in [2.75, 3.05) is 0 Å². The van der Waals surface area contributed by atoms with Crippen LogP contribution in [0.5, 0.6) is 0 Å². The molecule has 0 bridgehead atoms. The van der Waals surface area contributed by atoms with Crippen molar-refractivity contribution in [3.05, 3.63) is 35.8 Å². The van der Waals surface area contributed by atoms with Crippen LogP contribution in [0.4, 0.5) is 0 Å². The molecule has 0 aromatic rings. The van der Waals surface area contributed by atoms with Gasteiger partial charge in [-0.05, 0) is 0 Å². The monoisotopic (exact) mass is 208 g/mol. The van der Waals surface area contributed by atoms with Gasteiger partial charge in [0.2, 0.25) is 0 Å². The van der Waals surface area contributed by atoms with Gasteiger partial charge in [-0.1, -0.05) is 0 Å². The predicted octanol–water partition coefficient (Wildman–Crippen LogP) is 1.25. The van der Waals surface area contributed by atoms with Crippen molar-refractivity contribution in [3.63, 3.8) is 0 Å². The average Bonchev–Trinajstić information content (AvgIpc) is 2.06. The van der Waals surface area contributed by atoms with Crippen LogP contribution in [0.15, 0.2) is 35.8 Å². The number of rotatable bonds is 3. The van der Waals surface area contributed by atoms with Crippen molar-refractivity contribution in [1.82, 2.24) is 0 Å². The molecule has 1 rings (SSSR count). The number of carbonyl (C=O) groups excluding carboxylic acids is 1. The van der Waals surface area contributed by atoms with Crippen LogP contribution >= 0.6 is 0 Å². The molecule has 0 atom stereocenters. The fourth-order valence-electron chi connectivity index (χ4n) is 0.991. The molecule has 0 aromatic carbocycles. The molecular formula is C9H10GeO. The fraction of sp³-hybridized carbons (Fsp3) is 0.111. The van der Waals surface area contributed by atoms with Gasteiger partial charge < -0.3 is 0 Å². The predicted molar refractivity (Wildman–Crippen MR) is 50.6 cm³/mol. The standard InChI is InChI=1S/C9H10GeO/c1-2-5-9-6-3-4-7-10(9)8-11/h2-4,6-8H,1,5H2. The van der Waals surface area contributed by atoms with Gasteiger partial charge in [-0.3, -0.25) is 0 Å². The second-order valence-corrected chi connectivity index (χ2v) is 6.76. The summed E-state index contributed by atoms with van der Waals surface area (Å²) in [6.07, 6.45) is 8.73. The Bertz CT molecular complexity index is 259. The number of allylic oxidation sites excluding steroid dienone is 4. The first-order chi connectivity index (χ1) is 5.38. The molecule has 0 aromatic heterocycles. The zero-order chi connectivity index (χ0) is 8.10. The molecule has 0 saturated carbocycles. The van der Waals surface area contributed by atoms with Crippen LogP contribution in [0.25, 0.3) is 0 Å².